The van der Waals surface area contributed by atoms with E-state index in [-0.39, 0.29) is 37.0 Å². The molecule has 3 atom stereocenters. The number of carbonyl (C=O) groups excluding carboxylic acids is 1. The van der Waals surface area contributed by atoms with Crippen molar-refractivity contribution in [1.29, 1.82) is 0 Å². The van der Waals surface area contributed by atoms with Gasteiger partial charge >= 0.3 is 5.97 Å². The lowest BCUT2D eigenvalue weighted by Crippen LogP contribution is -2.37. The van der Waals surface area contributed by atoms with Crippen LogP contribution in [0.4, 0.5) is 0 Å². The minimum absolute atomic E-state index is 0.0141. The summed E-state index contributed by atoms with van der Waals surface area (Å²) in [6, 6.07) is 0. The summed E-state index contributed by atoms with van der Waals surface area (Å²) in [6.07, 6.45) is 0.739. The highest BCUT2D eigenvalue weighted by Crippen LogP contribution is 2.27. The van der Waals surface area contributed by atoms with E-state index in [9.17, 15) is 9.59 Å². The fourth-order valence-corrected chi connectivity index (χ4v) is 2.02. The standard InChI is InChI=1S/C11H19NO4/c1-7-6-9(8(2)16-7)11(15)12(3)5-4-10(13)14/h7-9H,4-6H2,1-3H3,(H,13,14). The minimum atomic E-state index is -0.885. The highest BCUT2D eigenvalue weighted by Gasteiger charge is 2.36. The van der Waals surface area contributed by atoms with Crippen LogP contribution < -0.4 is 0 Å². The molecule has 1 heterocycles. The topological polar surface area (TPSA) is 66.8 Å². The molecule has 0 aromatic rings. The summed E-state index contributed by atoms with van der Waals surface area (Å²) in [4.78, 5) is 23.9. The van der Waals surface area contributed by atoms with Gasteiger partial charge in [0, 0.05) is 13.6 Å². The van der Waals surface area contributed by atoms with Gasteiger partial charge in [-0.05, 0) is 20.3 Å². The number of amides is 1. The Morgan fingerprint density at radius 3 is 2.50 bits per heavy atom. The van der Waals surface area contributed by atoms with Crippen molar-refractivity contribution in [3.05, 3.63) is 0 Å². The van der Waals surface area contributed by atoms with Crippen LogP contribution in [0.15, 0.2) is 0 Å². The van der Waals surface area contributed by atoms with E-state index < -0.39 is 5.97 Å². The zero-order chi connectivity index (χ0) is 12.3. The van der Waals surface area contributed by atoms with E-state index in [0.717, 1.165) is 6.42 Å². The van der Waals surface area contributed by atoms with Crippen LogP contribution in [-0.2, 0) is 14.3 Å². The Bertz CT molecular complexity index is 279. The van der Waals surface area contributed by atoms with Gasteiger partial charge in [0.1, 0.15) is 0 Å². The molecule has 1 N–H and O–H groups in total. The highest BCUT2D eigenvalue weighted by atomic mass is 16.5. The van der Waals surface area contributed by atoms with E-state index in [1.54, 1.807) is 7.05 Å². The molecule has 1 saturated heterocycles. The van der Waals surface area contributed by atoms with Gasteiger partial charge in [0.2, 0.25) is 5.91 Å². The number of aliphatic carboxylic acids is 1. The van der Waals surface area contributed by atoms with Crippen molar-refractivity contribution in [2.45, 2.75) is 38.9 Å². The highest BCUT2D eigenvalue weighted by molar-refractivity contribution is 5.80. The van der Waals surface area contributed by atoms with Gasteiger partial charge in [-0.15, -0.1) is 0 Å². The second-order valence-corrected chi connectivity index (χ2v) is 4.40. The second-order valence-electron chi connectivity index (χ2n) is 4.40. The Morgan fingerprint density at radius 2 is 2.06 bits per heavy atom. The smallest absolute Gasteiger partial charge is 0.305 e. The van der Waals surface area contributed by atoms with Gasteiger partial charge in [-0.25, -0.2) is 0 Å². The fourth-order valence-electron chi connectivity index (χ4n) is 2.02. The lowest BCUT2D eigenvalue weighted by Gasteiger charge is -2.21. The van der Waals surface area contributed by atoms with Gasteiger partial charge in [-0.3, -0.25) is 9.59 Å². The molecule has 0 spiro atoms. The predicted octanol–water partition coefficient (Wildman–Crippen LogP) is 0.733. The van der Waals surface area contributed by atoms with Gasteiger partial charge in [0.05, 0.1) is 24.5 Å². The molecule has 0 aromatic heterocycles. The average Bonchev–Trinajstić information content (AvgIpc) is 2.53. The third-order valence-electron chi connectivity index (χ3n) is 2.95. The third-order valence-corrected chi connectivity index (χ3v) is 2.95. The SMILES string of the molecule is CC1CC(C(=O)N(C)CCC(=O)O)C(C)O1. The Kier molecular flexibility index (Phi) is 4.29. The summed E-state index contributed by atoms with van der Waals surface area (Å²) in [5.74, 6) is -1.03. The molecule has 1 rings (SSSR count). The van der Waals surface area contributed by atoms with E-state index in [1.807, 2.05) is 13.8 Å². The summed E-state index contributed by atoms with van der Waals surface area (Å²) in [7, 11) is 1.64. The molecule has 1 aliphatic rings. The number of ether oxygens (including phenoxy) is 1. The first-order valence-corrected chi connectivity index (χ1v) is 5.54. The molecule has 5 heteroatoms. The van der Waals surface area contributed by atoms with Crippen LogP contribution in [0.5, 0.6) is 0 Å². The maximum atomic E-state index is 12.0. The molecule has 1 amide bonds. The zero-order valence-corrected chi connectivity index (χ0v) is 9.97. The van der Waals surface area contributed by atoms with Crippen LogP contribution in [0.25, 0.3) is 0 Å². The molecule has 0 radical (unpaired) electrons. The normalized spacial score (nSPS) is 29.1. The molecular weight excluding hydrogens is 210 g/mol. The number of carboxylic acid groups (broad SMARTS) is 1. The van der Waals surface area contributed by atoms with E-state index in [1.165, 1.54) is 4.90 Å². The number of carboxylic acids is 1. The lowest BCUT2D eigenvalue weighted by molar-refractivity contribution is -0.139. The lowest BCUT2D eigenvalue weighted by atomic mass is 9.99. The Balaban J connectivity index is 2.47. The van der Waals surface area contributed by atoms with Crippen molar-refractivity contribution in [3.8, 4) is 0 Å². The van der Waals surface area contributed by atoms with Gasteiger partial charge in [-0.2, -0.15) is 0 Å². The molecule has 16 heavy (non-hydrogen) atoms. The second kappa shape index (κ2) is 5.30. The predicted molar refractivity (Wildman–Crippen MR) is 58.0 cm³/mol. The number of hydrogen-bond donors (Lipinski definition) is 1. The fraction of sp³-hybridized carbons (Fsp3) is 0.818. The molecule has 0 aliphatic carbocycles. The Morgan fingerprint density at radius 1 is 1.44 bits per heavy atom. The first kappa shape index (κ1) is 13.0. The summed E-state index contributed by atoms with van der Waals surface area (Å²) >= 11 is 0. The molecule has 92 valence electrons. The number of hydrogen-bond acceptors (Lipinski definition) is 3. The van der Waals surface area contributed by atoms with Crippen molar-refractivity contribution < 1.29 is 19.4 Å². The van der Waals surface area contributed by atoms with Crippen molar-refractivity contribution in [3.63, 3.8) is 0 Å². The van der Waals surface area contributed by atoms with Gasteiger partial charge < -0.3 is 14.7 Å². The van der Waals surface area contributed by atoms with Gasteiger partial charge in [-0.1, -0.05) is 0 Å². The number of nitrogens with zero attached hydrogens (tertiary/aromatic N) is 1. The van der Waals surface area contributed by atoms with Gasteiger partial charge in [0.15, 0.2) is 0 Å². The summed E-state index contributed by atoms with van der Waals surface area (Å²) in [5, 5.41) is 8.54. The number of carbonyl (C=O) groups is 2. The van der Waals surface area contributed by atoms with Crippen LogP contribution in [0.1, 0.15) is 26.7 Å². The van der Waals surface area contributed by atoms with E-state index in [4.69, 9.17) is 9.84 Å². The summed E-state index contributed by atoms with van der Waals surface area (Å²) < 4.78 is 5.51. The molecule has 1 fully saturated rings. The monoisotopic (exact) mass is 229 g/mol. The van der Waals surface area contributed by atoms with Crippen molar-refractivity contribution in [1.82, 2.24) is 4.90 Å². The molecule has 0 aromatic carbocycles. The van der Waals surface area contributed by atoms with E-state index in [2.05, 4.69) is 0 Å². The van der Waals surface area contributed by atoms with E-state index in [0.29, 0.717) is 0 Å². The largest absolute Gasteiger partial charge is 0.481 e. The van der Waals surface area contributed by atoms with Crippen LogP contribution in [-0.4, -0.2) is 47.7 Å². The summed E-state index contributed by atoms with van der Waals surface area (Å²) in [6.45, 7) is 4.09. The quantitative estimate of drug-likeness (QED) is 0.771. The third kappa shape index (κ3) is 3.20. The first-order chi connectivity index (χ1) is 7.41. The first-order valence-electron chi connectivity index (χ1n) is 5.54. The maximum Gasteiger partial charge on any atom is 0.305 e. The van der Waals surface area contributed by atoms with Crippen LogP contribution in [0.3, 0.4) is 0 Å². The number of rotatable bonds is 4. The minimum Gasteiger partial charge on any atom is -0.481 e. The zero-order valence-electron chi connectivity index (χ0n) is 9.97. The van der Waals surface area contributed by atoms with Crippen molar-refractivity contribution >= 4 is 11.9 Å². The molecule has 1 aliphatic heterocycles. The molecule has 3 unspecified atom stereocenters. The molecule has 5 nitrogen and oxygen atoms in total. The Labute approximate surface area is 95.4 Å². The van der Waals surface area contributed by atoms with Crippen LogP contribution >= 0.6 is 0 Å². The van der Waals surface area contributed by atoms with Crippen LogP contribution in [0.2, 0.25) is 0 Å². The molecular formula is C11H19NO4. The van der Waals surface area contributed by atoms with E-state index >= 15 is 0 Å². The van der Waals surface area contributed by atoms with Crippen LogP contribution in [0, 0.1) is 5.92 Å². The molecule has 0 bridgehead atoms. The summed E-state index contributed by atoms with van der Waals surface area (Å²) in [5.41, 5.74) is 0. The van der Waals surface area contributed by atoms with Gasteiger partial charge in [0.25, 0.3) is 0 Å². The van der Waals surface area contributed by atoms with Crippen molar-refractivity contribution in [2.24, 2.45) is 5.92 Å². The molecule has 0 saturated carbocycles. The Hall–Kier alpha value is -1.10. The van der Waals surface area contributed by atoms with Crippen molar-refractivity contribution in [2.75, 3.05) is 13.6 Å². The maximum absolute atomic E-state index is 12.0. The average molecular weight is 229 g/mol.